The van der Waals surface area contributed by atoms with Crippen LogP contribution in [0.5, 0.6) is 0 Å². The molecule has 3 heterocycles. The molecule has 0 aliphatic carbocycles. The molecular weight excluding hydrogens is 400 g/mol. The van der Waals surface area contributed by atoms with E-state index in [4.69, 9.17) is 0 Å². The van der Waals surface area contributed by atoms with Gasteiger partial charge in [-0.15, -0.1) is 0 Å². The molecule has 170 valence electrons. The van der Waals surface area contributed by atoms with Crippen LogP contribution >= 0.6 is 0 Å². The second-order valence-electron chi connectivity index (χ2n) is 9.86. The van der Waals surface area contributed by atoms with E-state index in [2.05, 4.69) is 40.0 Å². The summed E-state index contributed by atoms with van der Waals surface area (Å²) in [6.45, 7) is 9.89. The zero-order chi connectivity index (χ0) is 22.7. The molecule has 2 aliphatic heterocycles. The summed E-state index contributed by atoms with van der Waals surface area (Å²) in [4.78, 5) is 34.2. The van der Waals surface area contributed by atoms with Crippen molar-refractivity contribution in [2.24, 2.45) is 5.92 Å². The van der Waals surface area contributed by atoms with Gasteiger partial charge in [-0.05, 0) is 88.9 Å². The lowest BCUT2D eigenvalue weighted by atomic mass is 9.93. The Kier molecular flexibility index (Phi) is 6.60. The van der Waals surface area contributed by atoms with Gasteiger partial charge in [0.05, 0.1) is 5.56 Å². The van der Waals surface area contributed by atoms with Crippen LogP contribution in [0.15, 0.2) is 42.7 Å². The third kappa shape index (κ3) is 5.18. The minimum absolute atomic E-state index is 0.00754. The number of hydrogen-bond acceptors (Lipinski definition) is 4. The summed E-state index contributed by atoms with van der Waals surface area (Å²) in [6, 6.07) is 9.85. The molecule has 0 spiro atoms. The van der Waals surface area contributed by atoms with E-state index in [-0.39, 0.29) is 17.4 Å². The Morgan fingerprint density at radius 2 is 1.91 bits per heavy atom. The number of amides is 2. The highest BCUT2D eigenvalue weighted by molar-refractivity contribution is 6.04. The molecule has 6 nitrogen and oxygen atoms in total. The average Bonchev–Trinajstić information content (AvgIpc) is 3.13. The number of pyridine rings is 1. The molecule has 1 N–H and O–H groups in total. The number of anilines is 1. The van der Waals surface area contributed by atoms with Crippen LogP contribution in [0.1, 0.15) is 61.0 Å². The van der Waals surface area contributed by atoms with Crippen molar-refractivity contribution in [2.75, 3.05) is 25.0 Å². The number of rotatable bonds is 5. The molecule has 32 heavy (non-hydrogen) atoms. The molecule has 0 radical (unpaired) electrons. The number of nitrogens with one attached hydrogen (secondary N) is 1. The number of likely N-dealkylation sites (tertiary alicyclic amines) is 2. The van der Waals surface area contributed by atoms with Crippen LogP contribution in [-0.2, 0) is 11.3 Å². The van der Waals surface area contributed by atoms with Gasteiger partial charge in [0.1, 0.15) is 0 Å². The van der Waals surface area contributed by atoms with Gasteiger partial charge in [-0.1, -0.05) is 12.1 Å². The van der Waals surface area contributed by atoms with Crippen LogP contribution in [0.3, 0.4) is 0 Å². The second-order valence-corrected chi connectivity index (χ2v) is 9.86. The monoisotopic (exact) mass is 434 g/mol. The van der Waals surface area contributed by atoms with E-state index in [0.29, 0.717) is 11.5 Å². The Bertz CT molecular complexity index is 979. The van der Waals surface area contributed by atoms with Crippen LogP contribution in [0.25, 0.3) is 0 Å². The van der Waals surface area contributed by atoms with E-state index in [1.807, 2.05) is 31.2 Å². The minimum Gasteiger partial charge on any atom is -0.337 e. The van der Waals surface area contributed by atoms with Gasteiger partial charge in [0.15, 0.2) is 0 Å². The maximum Gasteiger partial charge on any atom is 0.257 e. The lowest BCUT2D eigenvalue weighted by Gasteiger charge is -2.38. The third-order valence-corrected chi connectivity index (χ3v) is 6.83. The minimum atomic E-state index is -0.150. The normalized spacial score (nSPS) is 19.2. The van der Waals surface area contributed by atoms with Crippen molar-refractivity contribution >= 4 is 17.5 Å². The van der Waals surface area contributed by atoms with Gasteiger partial charge in [-0.25, -0.2) is 0 Å². The van der Waals surface area contributed by atoms with Gasteiger partial charge in [-0.2, -0.15) is 0 Å². The van der Waals surface area contributed by atoms with E-state index in [0.717, 1.165) is 68.7 Å². The average molecular weight is 435 g/mol. The molecule has 1 aromatic carbocycles. The fourth-order valence-corrected chi connectivity index (χ4v) is 4.96. The van der Waals surface area contributed by atoms with Gasteiger partial charge in [0.25, 0.3) is 5.91 Å². The van der Waals surface area contributed by atoms with Gasteiger partial charge in [0, 0.05) is 42.6 Å². The first-order valence-electron chi connectivity index (χ1n) is 11.7. The zero-order valence-electron chi connectivity index (χ0n) is 19.4. The molecule has 2 amide bonds. The second kappa shape index (κ2) is 9.41. The largest absolute Gasteiger partial charge is 0.337 e. The van der Waals surface area contributed by atoms with Gasteiger partial charge >= 0.3 is 0 Å². The maximum atomic E-state index is 13.0. The quantitative estimate of drug-likeness (QED) is 0.764. The van der Waals surface area contributed by atoms with Gasteiger partial charge in [0.2, 0.25) is 5.91 Å². The lowest BCUT2D eigenvalue weighted by molar-refractivity contribution is -0.140. The highest BCUT2D eigenvalue weighted by Gasteiger charge is 2.39. The van der Waals surface area contributed by atoms with E-state index >= 15 is 0 Å². The van der Waals surface area contributed by atoms with E-state index in [9.17, 15) is 9.59 Å². The number of aromatic nitrogens is 1. The number of piperidine rings is 1. The smallest absolute Gasteiger partial charge is 0.257 e. The fourth-order valence-electron chi connectivity index (χ4n) is 4.96. The Hall–Kier alpha value is -2.73. The number of aryl methyl sites for hydroxylation is 1. The molecule has 1 aromatic heterocycles. The van der Waals surface area contributed by atoms with Crippen LogP contribution in [0.4, 0.5) is 5.69 Å². The summed E-state index contributed by atoms with van der Waals surface area (Å²) >= 11 is 0. The van der Waals surface area contributed by atoms with Gasteiger partial charge < -0.3 is 10.2 Å². The topological polar surface area (TPSA) is 65.5 Å². The van der Waals surface area contributed by atoms with Crippen molar-refractivity contribution in [3.05, 3.63) is 59.4 Å². The van der Waals surface area contributed by atoms with Crippen LogP contribution < -0.4 is 5.32 Å². The molecular formula is C26H34N4O2. The SMILES string of the molecule is Cc1cncc(C(=O)Nc2cccc(CN3CCC(C(=O)N4CCCC4(C)C)CC3)c2)c1. The summed E-state index contributed by atoms with van der Waals surface area (Å²) in [6.07, 6.45) is 7.38. The Labute approximate surface area is 191 Å². The van der Waals surface area contributed by atoms with Gasteiger partial charge in [-0.3, -0.25) is 19.5 Å². The van der Waals surface area contributed by atoms with E-state index in [1.54, 1.807) is 12.4 Å². The molecule has 0 atom stereocenters. The zero-order valence-corrected chi connectivity index (χ0v) is 19.4. The molecule has 0 bridgehead atoms. The predicted octanol–water partition coefficient (Wildman–Crippen LogP) is 4.26. The van der Waals surface area contributed by atoms with Crippen molar-refractivity contribution in [3.63, 3.8) is 0 Å². The van der Waals surface area contributed by atoms with Crippen LogP contribution in [0.2, 0.25) is 0 Å². The summed E-state index contributed by atoms with van der Waals surface area (Å²) in [5.41, 5.74) is 3.48. The Balaban J connectivity index is 1.31. The number of benzene rings is 1. The van der Waals surface area contributed by atoms with Crippen molar-refractivity contribution in [3.8, 4) is 0 Å². The number of nitrogens with zero attached hydrogens (tertiary/aromatic N) is 3. The highest BCUT2D eigenvalue weighted by Crippen LogP contribution is 2.32. The molecule has 2 fully saturated rings. The van der Waals surface area contributed by atoms with Crippen LogP contribution in [0, 0.1) is 12.8 Å². The summed E-state index contributed by atoms with van der Waals surface area (Å²) in [7, 11) is 0. The third-order valence-electron chi connectivity index (χ3n) is 6.83. The van der Waals surface area contributed by atoms with Crippen molar-refractivity contribution < 1.29 is 9.59 Å². The summed E-state index contributed by atoms with van der Waals surface area (Å²) in [5, 5.41) is 2.98. The number of carbonyl (C=O) groups excluding carboxylic acids is 2. The Morgan fingerprint density at radius 3 is 2.59 bits per heavy atom. The van der Waals surface area contributed by atoms with Crippen LogP contribution in [-0.4, -0.2) is 51.8 Å². The number of hydrogen-bond donors (Lipinski definition) is 1. The van der Waals surface area contributed by atoms with Crippen molar-refractivity contribution in [1.29, 1.82) is 0 Å². The standard InChI is InChI=1S/C26H34N4O2/c1-19-14-22(17-27-16-19)24(31)28-23-7-4-6-20(15-23)18-29-12-8-21(9-13-29)25(32)30-11-5-10-26(30,2)3/h4,6-7,14-17,21H,5,8-13,18H2,1-3H3,(H,28,31). The van der Waals surface area contributed by atoms with E-state index < -0.39 is 0 Å². The molecule has 4 rings (SSSR count). The molecule has 0 saturated carbocycles. The lowest BCUT2D eigenvalue weighted by Crippen LogP contribution is -2.48. The summed E-state index contributed by atoms with van der Waals surface area (Å²) in [5.74, 6) is 0.349. The maximum absolute atomic E-state index is 13.0. The number of carbonyl (C=O) groups is 2. The predicted molar refractivity (Wildman–Crippen MR) is 126 cm³/mol. The first-order valence-corrected chi connectivity index (χ1v) is 11.7. The first-order chi connectivity index (χ1) is 15.3. The molecule has 2 aliphatic rings. The summed E-state index contributed by atoms with van der Waals surface area (Å²) < 4.78 is 0. The van der Waals surface area contributed by atoms with Crippen molar-refractivity contribution in [2.45, 2.75) is 58.5 Å². The molecule has 0 unspecified atom stereocenters. The fraction of sp³-hybridized carbons (Fsp3) is 0.500. The van der Waals surface area contributed by atoms with Crippen molar-refractivity contribution in [1.82, 2.24) is 14.8 Å². The molecule has 6 heteroatoms. The first kappa shape index (κ1) is 22.5. The highest BCUT2D eigenvalue weighted by atomic mass is 16.2. The van der Waals surface area contributed by atoms with E-state index in [1.165, 1.54) is 0 Å². The molecule has 2 aromatic rings. The Morgan fingerprint density at radius 1 is 1.12 bits per heavy atom. The molecule has 2 saturated heterocycles.